The van der Waals surface area contributed by atoms with Gasteiger partial charge < -0.3 is 0 Å². The molecule has 1 aromatic heterocycles. The molecule has 0 bridgehead atoms. The van der Waals surface area contributed by atoms with Gasteiger partial charge in [0.05, 0.1) is 7.05 Å². The van der Waals surface area contributed by atoms with Crippen molar-refractivity contribution in [1.82, 2.24) is 14.8 Å². The number of hydrogen-bond acceptors (Lipinski definition) is 4. The number of nitrogens with one attached hydrogen (secondary N) is 1. The number of nitrogens with zero attached hydrogens (tertiary/aromatic N) is 5. The van der Waals surface area contributed by atoms with Crippen LogP contribution in [0.3, 0.4) is 0 Å². The second-order valence-corrected chi connectivity index (χ2v) is 2.97. The van der Waals surface area contributed by atoms with Crippen LogP contribution in [0.4, 0.5) is 0 Å². The second-order valence-electron chi connectivity index (χ2n) is 2.97. The topological polar surface area (TPSA) is 59.9 Å². The highest BCUT2D eigenvalue weighted by Crippen LogP contribution is 1.94. The fourth-order valence-electron chi connectivity index (χ4n) is 1.17. The first-order valence-electron chi connectivity index (χ1n) is 4.01. The van der Waals surface area contributed by atoms with E-state index in [9.17, 15) is 0 Å². The first kappa shape index (κ1) is 8.06. The van der Waals surface area contributed by atoms with Crippen molar-refractivity contribution in [2.24, 2.45) is 17.3 Å². The van der Waals surface area contributed by atoms with Gasteiger partial charge in [-0.1, -0.05) is 10.2 Å². The van der Waals surface area contributed by atoms with Gasteiger partial charge in [-0.2, -0.15) is 5.10 Å². The molecule has 68 valence electrons. The number of hydrogen-bond donors (Lipinski definition) is 1. The van der Waals surface area contributed by atoms with Gasteiger partial charge in [-0.3, -0.25) is 0 Å². The molecule has 0 radical (unpaired) electrons. The van der Waals surface area contributed by atoms with Crippen molar-refractivity contribution < 1.29 is 4.90 Å². The fourth-order valence-corrected chi connectivity index (χ4v) is 1.17. The monoisotopic (exact) mass is 179 g/mol. The molecule has 6 heteroatoms. The Hall–Kier alpha value is -1.56. The van der Waals surface area contributed by atoms with E-state index in [1.807, 2.05) is 21.0 Å². The molecule has 13 heavy (non-hydrogen) atoms. The van der Waals surface area contributed by atoms with E-state index in [0.717, 1.165) is 22.4 Å². The first-order valence-corrected chi connectivity index (χ1v) is 4.01. The Bertz CT molecular complexity index is 387. The van der Waals surface area contributed by atoms with Crippen LogP contribution in [0, 0.1) is 0 Å². The third kappa shape index (κ3) is 1.15. The summed E-state index contributed by atoms with van der Waals surface area (Å²) in [5.41, 5.74) is 0. The zero-order valence-electron chi connectivity index (χ0n) is 7.81. The van der Waals surface area contributed by atoms with E-state index in [-0.39, 0.29) is 0 Å². The maximum atomic E-state index is 4.11. The molecule has 6 nitrogen and oxygen atoms in total. The fraction of sp³-hybridized carbons (Fsp3) is 0.429. The summed E-state index contributed by atoms with van der Waals surface area (Å²) in [5, 5.41) is 12.0. The number of aryl methyl sites for hydroxylation is 1. The van der Waals surface area contributed by atoms with Crippen molar-refractivity contribution in [2.45, 2.75) is 6.92 Å². The third-order valence-corrected chi connectivity index (χ3v) is 2.12. The van der Waals surface area contributed by atoms with Gasteiger partial charge in [-0.15, -0.1) is 0 Å². The smallest absolute Gasteiger partial charge is 0.243 e. The Morgan fingerprint density at radius 2 is 2.15 bits per heavy atom. The maximum Gasteiger partial charge on any atom is 0.296 e. The van der Waals surface area contributed by atoms with Crippen LogP contribution < -0.4 is 4.90 Å². The summed E-state index contributed by atoms with van der Waals surface area (Å²) >= 11 is 0. The van der Waals surface area contributed by atoms with E-state index in [4.69, 9.17) is 0 Å². The highest BCUT2D eigenvalue weighted by Gasteiger charge is 2.27. The first-order chi connectivity index (χ1) is 6.20. The molecule has 1 atom stereocenters. The standard InChI is InChI=1S/C7H10N6/c1-5-10-11-7(12(5)2)6-8-4-9-13(6)3/h4H,1-3H3/p+1. The summed E-state index contributed by atoms with van der Waals surface area (Å²) in [4.78, 5) is 5.18. The van der Waals surface area contributed by atoms with E-state index in [1.54, 1.807) is 4.68 Å². The third-order valence-electron chi connectivity index (χ3n) is 2.12. The Morgan fingerprint density at radius 3 is 2.62 bits per heavy atom. The van der Waals surface area contributed by atoms with Gasteiger partial charge in [0.1, 0.15) is 6.33 Å². The van der Waals surface area contributed by atoms with E-state index in [2.05, 4.69) is 20.3 Å². The van der Waals surface area contributed by atoms with Gasteiger partial charge in [0.15, 0.2) is 0 Å². The van der Waals surface area contributed by atoms with Gasteiger partial charge >= 0.3 is 0 Å². The van der Waals surface area contributed by atoms with Gasteiger partial charge in [-0.05, 0) is 0 Å². The molecule has 2 heterocycles. The predicted octanol–water partition coefficient (Wildman–Crippen LogP) is -1.58. The Kier molecular flexibility index (Phi) is 1.70. The summed E-state index contributed by atoms with van der Waals surface area (Å²) in [5.74, 6) is 2.52. The molecular formula is C7H11N6+. The number of quaternary nitrogens is 1. The van der Waals surface area contributed by atoms with Crippen LogP contribution in [0.2, 0.25) is 0 Å². The molecule has 0 amide bonds. The van der Waals surface area contributed by atoms with Crippen molar-refractivity contribution >= 4 is 11.7 Å². The summed E-state index contributed by atoms with van der Waals surface area (Å²) in [6, 6.07) is 0. The van der Waals surface area contributed by atoms with Gasteiger partial charge in [0.25, 0.3) is 5.84 Å². The minimum absolute atomic E-state index is 0.762. The van der Waals surface area contributed by atoms with E-state index >= 15 is 0 Å². The summed E-state index contributed by atoms with van der Waals surface area (Å²) in [6.07, 6.45) is 1.51. The highest BCUT2D eigenvalue weighted by atomic mass is 15.4. The van der Waals surface area contributed by atoms with E-state index in [0.29, 0.717) is 0 Å². The average molecular weight is 179 g/mol. The summed E-state index contributed by atoms with van der Waals surface area (Å²) in [6.45, 7) is 1.93. The Morgan fingerprint density at radius 1 is 1.38 bits per heavy atom. The maximum absolute atomic E-state index is 4.11. The lowest BCUT2D eigenvalue weighted by Gasteiger charge is -2.05. The zero-order valence-corrected chi connectivity index (χ0v) is 7.81. The lowest BCUT2D eigenvalue weighted by atomic mass is 10.4. The van der Waals surface area contributed by atoms with Crippen molar-refractivity contribution in [1.29, 1.82) is 0 Å². The quantitative estimate of drug-likeness (QED) is 0.566. The second kappa shape index (κ2) is 2.74. The van der Waals surface area contributed by atoms with Crippen molar-refractivity contribution in [3.05, 3.63) is 12.2 Å². The van der Waals surface area contributed by atoms with Crippen LogP contribution >= 0.6 is 0 Å². The molecule has 1 aliphatic heterocycles. The highest BCUT2D eigenvalue weighted by molar-refractivity contribution is 5.97. The average Bonchev–Trinajstić information content (AvgIpc) is 2.62. The van der Waals surface area contributed by atoms with Gasteiger partial charge in [0.2, 0.25) is 11.7 Å². The SMILES string of the molecule is CC1=NN=C(c2ncnn2C)[NH+]1C. The number of aromatic nitrogens is 3. The number of rotatable bonds is 1. The molecule has 0 fully saturated rings. The molecule has 0 saturated carbocycles. The molecule has 2 rings (SSSR count). The molecule has 0 spiro atoms. The van der Waals surface area contributed by atoms with Crippen LogP contribution in [-0.4, -0.2) is 33.5 Å². The summed E-state index contributed by atoms with van der Waals surface area (Å²) in [7, 11) is 3.82. The van der Waals surface area contributed by atoms with Crippen LogP contribution in [0.25, 0.3) is 0 Å². The predicted molar refractivity (Wildman–Crippen MR) is 47.5 cm³/mol. The molecule has 0 aromatic carbocycles. The van der Waals surface area contributed by atoms with Crippen LogP contribution in [-0.2, 0) is 7.05 Å². The van der Waals surface area contributed by atoms with Crippen LogP contribution in [0.5, 0.6) is 0 Å². The van der Waals surface area contributed by atoms with Gasteiger partial charge in [-0.25, -0.2) is 14.6 Å². The minimum atomic E-state index is 0.762. The van der Waals surface area contributed by atoms with Crippen LogP contribution in [0.15, 0.2) is 16.5 Å². The molecule has 0 aliphatic carbocycles. The molecule has 0 saturated heterocycles. The lowest BCUT2D eigenvalue weighted by Crippen LogP contribution is -3.13. The van der Waals surface area contributed by atoms with Crippen molar-refractivity contribution in [3.63, 3.8) is 0 Å². The minimum Gasteiger partial charge on any atom is -0.243 e. The Balaban J connectivity index is 2.37. The molecular weight excluding hydrogens is 168 g/mol. The molecule has 1 N–H and O–H groups in total. The number of amidine groups is 2. The van der Waals surface area contributed by atoms with Gasteiger partial charge in [0, 0.05) is 14.0 Å². The molecule has 1 aliphatic rings. The lowest BCUT2D eigenvalue weighted by molar-refractivity contribution is -0.672. The van der Waals surface area contributed by atoms with Crippen LogP contribution in [0.1, 0.15) is 12.7 Å². The molecule has 1 aromatic rings. The summed E-state index contributed by atoms with van der Waals surface area (Å²) < 4.78 is 1.69. The Labute approximate surface area is 75.6 Å². The van der Waals surface area contributed by atoms with Crippen molar-refractivity contribution in [2.75, 3.05) is 7.05 Å². The molecule has 1 unspecified atom stereocenters. The van der Waals surface area contributed by atoms with E-state index in [1.165, 1.54) is 6.33 Å². The van der Waals surface area contributed by atoms with E-state index < -0.39 is 0 Å². The zero-order chi connectivity index (χ0) is 9.42. The van der Waals surface area contributed by atoms with Crippen molar-refractivity contribution in [3.8, 4) is 0 Å². The largest absolute Gasteiger partial charge is 0.296 e. The normalized spacial score (nSPS) is 21.6.